The van der Waals surface area contributed by atoms with Crippen LogP contribution in [0.3, 0.4) is 0 Å². The molecule has 0 spiro atoms. The number of hydrogen-bond donors (Lipinski definition) is 1. The molecule has 1 aromatic carbocycles. The van der Waals surface area contributed by atoms with Crippen LogP contribution < -0.4 is 9.47 Å². The van der Waals surface area contributed by atoms with E-state index in [-0.39, 0.29) is 0 Å². The molecule has 1 saturated heterocycles. The monoisotopic (exact) mass is 252 g/mol. The van der Waals surface area contributed by atoms with Crippen LogP contribution >= 0.6 is 0 Å². The standard InChI is InChI=1S/C14H20O4/c1-10(15)13-4-3-12(16-2)7-14(13)18-9-11-5-6-17-8-11/h3-4,7,10-11,15H,5-6,8-9H2,1-2H3. The molecule has 2 rings (SSSR count). The van der Waals surface area contributed by atoms with Crippen LogP contribution in [0.1, 0.15) is 25.0 Å². The molecule has 2 unspecified atom stereocenters. The number of benzene rings is 1. The van der Waals surface area contributed by atoms with Crippen molar-refractivity contribution in [3.63, 3.8) is 0 Å². The van der Waals surface area contributed by atoms with Crippen molar-refractivity contribution in [3.8, 4) is 11.5 Å². The maximum Gasteiger partial charge on any atom is 0.128 e. The molecule has 0 aromatic heterocycles. The first kappa shape index (κ1) is 13.2. The summed E-state index contributed by atoms with van der Waals surface area (Å²) in [5.41, 5.74) is 0.787. The fourth-order valence-corrected chi connectivity index (χ4v) is 2.03. The molecule has 0 saturated carbocycles. The highest BCUT2D eigenvalue weighted by atomic mass is 16.5. The summed E-state index contributed by atoms with van der Waals surface area (Å²) in [5, 5.41) is 9.71. The van der Waals surface area contributed by atoms with Crippen molar-refractivity contribution in [3.05, 3.63) is 23.8 Å². The van der Waals surface area contributed by atoms with Crippen LogP contribution in [0.2, 0.25) is 0 Å². The average molecular weight is 252 g/mol. The van der Waals surface area contributed by atoms with Crippen molar-refractivity contribution in [1.82, 2.24) is 0 Å². The van der Waals surface area contributed by atoms with E-state index in [4.69, 9.17) is 14.2 Å². The highest BCUT2D eigenvalue weighted by molar-refractivity contribution is 5.41. The molecule has 0 radical (unpaired) electrons. The molecule has 100 valence electrons. The lowest BCUT2D eigenvalue weighted by Crippen LogP contribution is -2.13. The molecule has 1 heterocycles. The van der Waals surface area contributed by atoms with E-state index >= 15 is 0 Å². The lowest BCUT2D eigenvalue weighted by atomic mass is 10.1. The minimum absolute atomic E-state index is 0.443. The number of rotatable bonds is 5. The maximum absolute atomic E-state index is 9.71. The fourth-order valence-electron chi connectivity index (χ4n) is 2.03. The summed E-state index contributed by atoms with van der Waals surface area (Å²) >= 11 is 0. The number of aliphatic hydroxyl groups is 1. The molecule has 2 atom stereocenters. The third kappa shape index (κ3) is 3.15. The molecule has 1 aliphatic heterocycles. The summed E-state index contributed by atoms with van der Waals surface area (Å²) in [5.74, 6) is 1.87. The molecule has 4 nitrogen and oxygen atoms in total. The third-order valence-corrected chi connectivity index (χ3v) is 3.17. The van der Waals surface area contributed by atoms with Gasteiger partial charge in [0.15, 0.2) is 0 Å². The molecular formula is C14H20O4. The topological polar surface area (TPSA) is 47.9 Å². The minimum atomic E-state index is -0.550. The zero-order chi connectivity index (χ0) is 13.0. The van der Waals surface area contributed by atoms with E-state index in [0.29, 0.717) is 18.3 Å². The predicted molar refractivity (Wildman–Crippen MR) is 68.0 cm³/mol. The van der Waals surface area contributed by atoms with E-state index in [0.717, 1.165) is 30.9 Å². The smallest absolute Gasteiger partial charge is 0.128 e. The Balaban J connectivity index is 2.07. The molecule has 1 N–H and O–H groups in total. The van der Waals surface area contributed by atoms with Gasteiger partial charge in [-0.2, -0.15) is 0 Å². The largest absolute Gasteiger partial charge is 0.497 e. The number of aliphatic hydroxyl groups excluding tert-OH is 1. The highest BCUT2D eigenvalue weighted by Crippen LogP contribution is 2.30. The van der Waals surface area contributed by atoms with Crippen molar-refractivity contribution in [1.29, 1.82) is 0 Å². The normalized spacial score (nSPS) is 20.7. The van der Waals surface area contributed by atoms with Crippen molar-refractivity contribution in [2.75, 3.05) is 26.9 Å². The number of ether oxygens (including phenoxy) is 3. The molecule has 1 aromatic rings. The van der Waals surface area contributed by atoms with Gasteiger partial charge in [-0.25, -0.2) is 0 Å². The van der Waals surface area contributed by atoms with Crippen LogP contribution in [0.4, 0.5) is 0 Å². The first-order chi connectivity index (χ1) is 8.70. The summed E-state index contributed by atoms with van der Waals surface area (Å²) in [6.07, 6.45) is 0.485. The molecule has 1 fully saturated rings. The Morgan fingerprint density at radius 2 is 2.33 bits per heavy atom. The Morgan fingerprint density at radius 3 is 2.94 bits per heavy atom. The van der Waals surface area contributed by atoms with Crippen LogP contribution in [-0.4, -0.2) is 32.0 Å². The summed E-state index contributed by atoms with van der Waals surface area (Å²) in [6.45, 7) is 3.92. The lowest BCUT2D eigenvalue weighted by Gasteiger charge is -2.16. The second kappa shape index (κ2) is 6.07. The van der Waals surface area contributed by atoms with Gasteiger partial charge in [-0.3, -0.25) is 0 Å². The van der Waals surface area contributed by atoms with Gasteiger partial charge in [0.1, 0.15) is 11.5 Å². The summed E-state index contributed by atoms with van der Waals surface area (Å²) in [7, 11) is 1.62. The molecule has 1 aliphatic rings. The molecule has 0 bridgehead atoms. The van der Waals surface area contributed by atoms with E-state index in [2.05, 4.69) is 0 Å². The van der Waals surface area contributed by atoms with Gasteiger partial charge < -0.3 is 19.3 Å². The van der Waals surface area contributed by atoms with Crippen LogP contribution in [0.25, 0.3) is 0 Å². The van der Waals surface area contributed by atoms with Crippen LogP contribution in [0, 0.1) is 5.92 Å². The van der Waals surface area contributed by atoms with Gasteiger partial charge in [0, 0.05) is 24.2 Å². The van der Waals surface area contributed by atoms with E-state index in [9.17, 15) is 5.11 Å². The van der Waals surface area contributed by atoms with Gasteiger partial charge >= 0.3 is 0 Å². The zero-order valence-corrected chi connectivity index (χ0v) is 10.9. The van der Waals surface area contributed by atoms with Gasteiger partial charge in [0.25, 0.3) is 0 Å². The van der Waals surface area contributed by atoms with Gasteiger partial charge in [-0.15, -0.1) is 0 Å². The van der Waals surface area contributed by atoms with Crippen molar-refractivity contribution in [2.24, 2.45) is 5.92 Å². The van der Waals surface area contributed by atoms with Crippen molar-refractivity contribution >= 4 is 0 Å². The number of hydrogen-bond acceptors (Lipinski definition) is 4. The molecular weight excluding hydrogens is 232 g/mol. The summed E-state index contributed by atoms with van der Waals surface area (Å²) in [4.78, 5) is 0. The zero-order valence-electron chi connectivity index (χ0n) is 10.9. The first-order valence-electron chi connectivity index (χ1n) is 6.27. The SMILES string of the molecule is COc1ccc(C(C)O)c(OCC2CCOC2)c1. The Kier molecular flexibility index (Phi) is 4.44. The molecule has 0 aliphatic carbocycles. The highest BCUT2D eigenvalue weighted by Gasteiger charge is 2.18. The summed E-state index contributed by atoms with van der Waals surface area (Å²) < 4.78 is 16.3. The maximum atomic E-state index is 9.71. The Hall–Kier alpha value is -1.26. The third-order valence-electron chi connectivity index (χ3n) is 3.17. The van der Waals surface area contributed by atoms with Crippen LogP contribution in [0.15, 0.2) is 18.2 Å². The van der Waals surface area contributed by atoms with E-state index < -0.39 is 6.10 Å². The second-order valence-electron chi connectivity index (χ2n) is 4.62. The Bertz CT molecular complexity index is 383. The van der Waals surface area contributed by atoms with E-state index in [1.54, 1.807) is 14.0 Å². The predicted octanol–water partition coefficient (Wildman–Crippen LogP) is 2.16. The van der Waals surface area contributed by atoms with Crippen LogP contribution in [-0.2, 0) is 4.74 Å². The van der Waals surface area contributed by atoms with Gasteiger partial charge in [0.05, 0.1) is 26.4 Å². The number of methoxy groups -OCH3 is 1. The van der Waals surface area contributed by atoms with E-state index in [1.165, 1.54) is 0 Å². The average Bonchev–Trinajstić information content (AvgIpc) is 2.88. The fraction of sp³-hybridized carbons (Fsp3) is 0.571. The van der Waals surface area contributed by atoms with Gasteiger partial charge in [-0.05, 0) is 25.5 Å². The Labute approximate surface area is 107 Å². The van der Waals surface area contributed by atoms with Crippen LogP contribution in [0.5, 0.6) is 11.5 Å². The molecule has 18 heavy (non-hydrogen) atoms. The van der Waals surface area contributed by atoms with Crippen molar-refractivity contribution < 1.29 is 19.3 Å². The van der Waals surface area contributed by atoms with Gasteiger partial charge in [-0.1, -0.05) is 0 Å². The lowest BCUT2D eigenvalue weighted by molar-refractivity contribution is 0.161. The summed E-state index contributed by atoms with van der Waals surface area (Å²) in [6, 6.07) is 5.48. The molecule has 0 amide bonds. The van der Waals surface area contributed by atoms with Crippen molar-refractivity contribution in [2.45, 2.75) is 19.4 Å². The van der Waals surface area contributed by atoms with E-state index in [1.807, 2.05) is 18.2 Å². The second-order valence-corrected chi connectivity index (χ2v) is 4.62. The quantitative estimate of drug-likeness (QED) is 0.872. The Morgan fingerprint density at radius 1 is 1.50 bits per heavy atom. The minimum Gasteiger partial charge on any atom is -0.497 e. The van der Waals surface area contributed by atoms with Gasteiger partial charge in [0.2, 0.25) is 0 Å². The first-order valence-corrected chi connectivity index (χ1v) is 6.27. The molecule has 4 heteroatoms.